The van der Waals surface area contributed by atoms with Gasteiger partial charge in [-0.05, 0) is 0 Å². The van der Waals surface area contributed by atoms with Crippen molar-refractivity contribution >= 4 is 5.78 Å². The third-order valence-corrected chi connectivity index (χ3v) is 2.61. The quantitative estimate of drug-likeness (QED) is 0.799. The molecular formula is C12H17N3O2. The average Bonchev–Trinajstić information content (AvgIpc) is 2.70. The molecule has 0 fully saturated rings. The SMILES string of the molecule is COc1cc(OC)n2c(C(C)(C)C)cnc2n1. The summed E-state index contributed by atoms with van der Waals surface area (Å²) in [5.41, 5.74) is 1.03. The zero-order valence-electron chi connectivity index (χ0n) is 10.8. The maximum atomic E-state index is 5.37. The van der Waals surface area contributed by atoms with Crippen molar-refractivity contribution in [1.82, 2.24) is 14.4 Å². The Kier molecular flexibility index (Phi) is 2.69. The second-order valence-corrected chi connectivity index (χ2v) is 4.87. The molecule has 0 spiro atoms. The summed E-state index contributed by atoms with van der Waals surface area (Å²) in [6.45, 7) is 6.38. The van der Waals surface area contributed by atoms with Crippen molar-refractivity contribution in [2.24, 2.45) is 0 Å². The van der Waals surface area contributed by atoms with Gasteiger partial charge in [0, 0.05) is 5.41 Å². The fourth-order valence-corrected chi connectivity index (χ4v) is 1.72. The van der Waals surface area contributed by atoms with Crippen LogP contribution in [0.4, 0.5) is 0 Å². The summed E-state index contributed by atoms with van der Waals surface area (Å²) < 4.78 is 12.4. The van der Waals surface area contributed by atoms with Gasteiger partial charge >= 0.3 is 0 Å². The Morgan fingerprint density at radius 1 is 1.18 bits per heavy atom. The minimum Gasteiger partial charge on any atom is -0.482 e. The molecule has 5 heteroatoms. The molecule has 2 aromatic rings. The van der Waals surface area contributed by atoms with Gasteiger partial charge in [-0.15, -0.1) is 0 Å². The Balaban J connectivity index is 2.75. The highest BCUT2D eigenvalue weighted by Crippen LogP contribution is 2.28. The van der Waals surface area contributed by atoms with Crippen LogP contribution < -0.4 is 9.47 Å². The molecule has 0 amide bonds. The first-order chi connectivity index (χ1) is 7.97. The number of rotatable bonds is 2. The molecule has 0 saturated carbocycles. The van der Waals surface area contributed by atoms with E-state index in [0.29, 0.717) is 17.5 Å². The fraction of sp³-hybridized carbons (Fsp3) is 0.500. The molecule has 0 atom stereocenters. The number of fused-ring (bicyclic) bond motifs is 1. The third-order valence-electron chi connectivity index (χ3n) is 2.61. The van der Waals surface area contributed by atoms with Gasteiger partial charge in [-0.3, -0.25) is 4.40 Å². The van der Waals surface area contributed by atoms with Gasteiger partial charge in [0.1, 0.15) is 0 Å². The van der Waals surface area contributed by atoms with Crippen LogP contribution in [0.5, 0.6) is 11.8 Å². The highest BCUT2D eigenvalue weighted by atomic mass is 16.5. The van der Waals surface area contributed by atoms with Gasteiger partial charge in [-0.2, -0.15) is 4.98 Å². The second kappa shape index (κ2) is 3.91. The molecule has 0 aliphatic carbocycles. The lowest BCUT2D eigenvalue weighted by atomic mass is 9.93. The molecule has 0 radical (unpaired) electrons. The lowest BCUT2D eigenvalue weighted by Gasteiger charge is -2.19. The predicted molar refractivity (Wildman–Crippen MR) is 64.8 cm³/mol. The maximum Gasteiger partial charge on any atom is 0.240 e. The Bertz CT molecular complexity index is 540. The van der Waals surface area contributed by atoms with Crippen LogP contribution in [-0.4, -0.2) is 28.6 Å². The summed E-state index contributed by atoms with van der Waals surface area (Å²) in [5.74, 6) is 1.76. The van der Waals surface area contributed by atoms with Crippen molar-refractivity contribution < 1.29 is 9.47 Å². The minimum atomic E-state index is -0.0248. The Morgan fingerprint density at radius 3 is 2.41 bits per heavy atom. The number of ether oxygens (including phenoxy) is 2. The summed E-state index contributed by atoms with van der Waals surface area (Å²) in [6.07, 6.45) is 1.82. The molecule has 2 rings (SSSR count). The van der Waals surface area contributed by atoms with Crippen molar-refractivity contribution in [3.05, 3.63) is 18.0 Å². The molecule has 92 valence electrons. The molecule has 0 saturated heterocycles. The van der Waals surface area contributed by atoms with Crippen LogP contribution in [0.25, 0.3) is 5.78 Å². The highest BCUT2D eigenvalue weighted by molar-refractivity contribution is 5.42. The summed E-state index contributed by atoms with van der Waals surface area (Å²) >= 11 is 0. The van der Waals surface area contributed by atoms with Crippen molar-refractivity contribution in [3.8, 4) is 11.8 Å². The van der Waals surface area contributed by atoms with Gasteiger partial charge in [0.05, 0.1) is 32.2 Å². The molecule has 2 heterocycles. The first-order valence-electron chi connectivity index (χ1n) is 5.44. The number of methoxy groups -OCH3 is 2. The van der Waals surface area contributed by atoms with Gasteiger partial charge in [-0.25, -0.2) is 4.98 Å². The first kappa shape index (κ1) is 11.7. The normalized spacial score (nSPS) is 11.8. The molecule has 2 aromatic heterocycles. The van der Waals surface area contributed by atoms with E-state index in [2.05, 4.69) is 30.7 Å². The monoisotopic (exact) mass is 235 g/mol. The zero-order valence-corrected chi connectivity index (χ0v) is 10.8. The van der Waals surface area contributed by atoms with E-state index in [9.17, 15) is 0 Å². The molecular weight excluding hydrogens is 218 g/mol. The lowest BCUT2D eigenvalue weighted by molar-refractivity contribution is 0.365. The van der Waals surface area contributed by atoms with E-state index >= 15 is 0 Å². The Hall–Kier alpha value is -1.78. The lowest BCUT2D eigenvalue weighted by Crippen LogP contribution is -2.15. The standard InChI is InChI=1S/C12H17N3O2/c1-12(2,3)8-7-13-11-14-9(16-4)6-10(17-5)15(8)11/h6-7H,1-5H3. The molecule has 0 aromatic carbocycles. The summed E-state index contributed by atoms with van der Waals surface area (Å²) in [7, 11) is 3.20. The second-order valence-electron chi connectivity index (χ2n) is 4.87. The summed E-state index contributed by atoms with van der Waals surface area (Å²) in [6, 6.07) is 1.75. The molecule has 0 N–H and O–H groups in total. The molecule has 5 nitrogen and oxygen atoms in total. The number of hydrogen-bond acceptors (Lipinski definition) is 4. The molecule has 0 unspecified atom stereocenters. The third kappa shape index (κ3) is 1.92. The molecule has 17 heavy (non-hydrogen) atoms. The van der Waals surface area contributed by atoms with Gasteiger partial charge < -0.3 is 9.47 Å². The van der Waals surface area contributed by atoms with E-state index in [4.69, 9.17) is 9.47 Å². The summed E-state index contributed by atoms with van der Waals surface area (Å²) in [5, 5.41) is 0. The van der Waals surface area contributed by atoms with Crippen LogP contribution in [0.3, 0.4) is 0 Å². The van der Waals surface area contributed by atoms with Crippen LogP contribution >= 0.6 is 0 Å². The number of hydrogen-bond donors (Lipinski definition) is 0. The van der Waals surface area contributed by atoms with Gasteiger partial charge in [0.15, 0.2) is 0 Å². The average molecular weight is 235 g/mol. The van der Waals surface area contributed by atoms with Crippen LogP contribution in [0.15, 0.2) is 12.3 Å². The van der Waals surface area contributed by atoms with E-state index in [1.807, 2.05) is 10.6 Å². The van der Waals surface area contributed by atoms with Crippen LogP contribution in [0.1, 0.15) is 26.5 Å². The van der Waals surface area contributed by atoms with Gasteiger partial charge in [-0.1, -0.05) is 20.8 Å². The van der Waals surface area contributed by atoms with Gasteiger partial charge in [0.2, 0.25) is 17.5 Å². The van der Waals surface area contributed by atoms with E-state index in [0.717, 1.165) is 5.69 Å². The zero-order chi connectivity index (χ0) is 12.6. The molecule has 0 aliphatic rings. The van der Waals surface area contributed by atoms with Crippen molar-refractivity contribution in [3.63, 3.8) is 0 Å². The van der Waals surface area contributed by atoms with Crippen LogP contribution in [0.2, 0.25) is 0 Å². The Morgan fingerprint density at radius 2 is 1.88 bits per heavy atom. The number of nitrogens with zero attached hydrogens (tertiary/aromatic N) is 3. The Labute approximate surface area is 100 Å². The highest BCUT2D eigenvalue weighted by Gasteiger charge is 2.21. The maximum absolute atomic E-state index is 5.37. The van der Waals surface area contributed by atoms with E-state index < -0.39 is 0 Å². The molecule has 0 aliphatic heterocycles. The smallest absolute Gasteiger partial charge is 0.240 e. The van der Waals surface area contributed by atoms with Gasteiger partial charge in [0.25, 0.3) is 0 Å². The summed E-state index contributed by atoms with van der Waals surface area (Å²) in [4.78, 5) is 8.58. The largest absolute Gasteiger partial charge is 0.482 e. The molecule has 0 bridgehead atoms. The van der Waals surface area contributed by atoms with Crippen molar-refractivity contribution in [2.75, 3.05) is 14.2 Å². The van der Waals surface area contributed by atoms with Crippen LogP contribution in [-0.2, 0) is 5.41 Å². The minimum absolute atomic E-state index is 0.0248. The van der Waals surface area contributed by atoms with E-state index in [-0.39, 0.29) is 5.41 Å². The van der Waals surface area contributed by atoms with Crippen LogP contribution in [0, 0.1) is 0 Å². The van der Waals surface area contributed by atoms with Crippen molar-refractivity contribution in [1.29, 1.82) is 0 Å². The first-order valence-corrected chi connectivity index (χ1v) is 5.44. The van der Waals surface area contributed by atoms with Crippen molar-refractivity contribution in [2.45, 2.75) is 26.2 Å². The van der Waals surface area contributed by atoms with E-state index in [1.54, 1.807) is 20.3 Å². The fourth-order valence-electron chi connectivity index (χ4n) is 1.72. The number of aromatic nitrogens is 3. The topological polar surface area (TPSA) is 48.7 Å². The van der Waals surface area contributed by atoms with E-state index in [1.165, 1.54) is 0 Å². The predicted octanol–water partition coefficient (Wildman–Crippen LogP) is 2.04. The number of imidazole rings is 1.